The molecule has 2 aromatic carbocycles. The van der Waals surface area contributed by atoms with Crippen LogP contribution in [0.5, 0.6) is 0 Å². The summed E-state index contributed by atoms with van der Waals surface area (Å²) in [5.74, 6) is -0.694. The quantitative estimate of drug-likeness (QED) is 0.664. The zero-order chi connectivity index (χ0) is 20.9. The van der Waals surface area contributed by atoms with Crippen LogP contribution in [0.25, 0.3) is 0 Å². The van der Waals surface area contributed by atoms with Gasteiger partial charge in [0.25, 0.3) is 5.91 Å². The highest BCUT2D eigenvalue weighted by Crippen LogP contribution is 2.25. The number of rotatable bonds is 7. The smallest absolute Gasteiger partial charge is 0.252 e. The molecule has 5 nitrogen and oxygen atoms in total. The number of benzene rings is 2. The first-order valence-electron chi connectivity index (χ1n) is 9.70. The molecular weight excluding hydrogens is 415 g/mol. The van der Waals surface area contributed by atoms with E-state index in [1.165, 1.54) is 34.6 Å². The van der Waals surface area contributed by atoms with Crippen molar-refractivity contribution in [3.05, 3.63) is 64.4 Å². The van der Waals surface area contributed by atoms with Crippen LogP contribution in [0, 0.1) is 5.82 Å². The summed E-state index contributed by atoms with van der Waals surface area (Å²) in [6, 6.07) is 10.5. The van der Waals surface area contributed by atoms with Gasteiger partial charge in [-0.15, -0.1) is 0 Å². The van der Waals surface area contributed by atoms with E-state index in [-0.39, 0.29) is 21.3 Å². The number of hydrogen-bond donors (Lipinski definition) is 1. The number of aryl methyl sites for hydroxylation is 1. The van der Waals surface area contributed by atoms with Crippen LogP contribution < -0.4 is 5.32 Å². The van der Waals surface area contributed by atoms with Gasteiger partial charge in [-0.2, -0.15) is 4.31 Å². The maximum atomic E-state index is 12.9. The van der Waals surface area contributed by atoms with Crippen LogP contribution in [-0.2, 0) is 16.4 Å². The second kappa shape index (κ2) is 9.69. The number of piperidine rings is 1. The van der Waals surface area contributed by atoms with Crippen molar-refractivity contribution in [3.63, 3.8) is 0 Å². The van der Waals surface area contributed by atoms with Gasteiger partial charge in [0.1, 0.15) is 5.82 Å². The van der Waals surface area contributed by atoms with Crippen molar-refractivity contribution in [1.29, 1.82) is 0 Å². The predicted molar refractivity (Wildman–Crippen MR) is 111 cm³/mol. The molecule has 0 aliphatic carbocycles. The Bertz CT molecular complexity index is 958. The Morgan fingerprint density at radius 1 is 1.07 bits per heavy atom. The monoisotopic (exact) mass is 438 g/mol. The number of amides is 1. The number of nitrogens with zero attached hydrogens (tertiary/aromatic N) is 1. The maximum absolute atomic E-state index is 12.9. The molecule has 8 heteroatoms. The minimum absolute atomic E-state index is 0.0836. The normalized spacial score (nSPS) is 15.2. The van der Waals surface area contributed by atoms with Gasteiger partial charge in [-0.05, 0) is 61.6 Å². The molecule has 3 rings (SSSR count). The standard InChI is InChI=1S/C21H24ClFN2O3S/c22-20-11-10-18(29(27,28)25-13-2-1-3-14-25)15-19(20)21(26)24-12-4-5-16-6-8-17(23)9-7-16/h6-11,15H,1-5,12-14H2,(H,24,26). The first kappa shape index (κ1) is 21.7. The van der Waals surface area contributed by atoms with Crippen molar-refractivity contribution in [2.24, 2.45) is 0 Å². The number of carbonyl (C=O) groups excluding carboxylic acids is 1. The van der Waals surface area contributed by atoms with Gasteiger partial charge in [0.05, 0.1) is 15.5 Å². The summed E-state index contributed by atoms with van der Waals surface area (Å²) in [5, 5.41) is 2.98. The fraction of sp³-hybridized carbons (Fsp3) is 0.381. The van der Waals surface area contributed by atoms with Gasteiger partial charge in [0, 0.05) is 19.6 Å². The molecular formula is C21H24ClFN2O3S. The topological polar surface area (TPSA) is 66.5 Å². The lowest BCUT2D eigenvalue weighted by Crippen LogP contribution is -2.35. The van der Waals surface area contributed by atoms with E-state index < -0.39 is 15.9 Å². The number of sulfonamides is 1. The third-order valence-electron chi connectivity index (χ3n) is 4.98. The van der Waals surface area contributed by atoms with Crippen LogP contribution in [-0.4, -0.2) is 38.3 Å². The Labute approximate surface area is 175 Å². The van der Waals surface area contributed by atoms with Gasteiger partial charge in [-0.1, -0.05) is 30.2 Å². The number of hydrogen-bond acceptors (Lipinski definition) is 3. The molecule has 0 unspecified atom stereocenters. The third kappa shape index (κ3) is 5.56. The molecule has 1 aliphatic heterocycles. The minimum atomic E-state index is -3.64. The van der Waals surface area contributed by atoms with Gasteiger partial charge in [0.15, 0.2) is 0 Å². The summed E-state index contributed by atoms with van der Waals surface area (Å²) in [7, 11) is -3.64. The van der Waals surface area contributed by atoms with Crippen LogP contribution in [0.2, 0.25) is 5.02 Å². The van der Waals surface area contributed by atoms with E-state index in [0.29, 0.717) is 32.5 Å². The van der Waals surface area contributed by atoms with E-state index in [1.807, 2.05) is 0 Å². The fourth-order valence-electron chi connectivity index (χ4n) is 3.33. The molecule has 0 atom stereocenters. The van der Waals surface area contributed by atoms with E-state index >= 15 is 0 Å². The van der Waals surface area contributed by atoms with Crippen molar-refractivity contribution in [2.45, 2.75) is 37.0 Å². The second-order valence-corrected chi connectivity index (χ2v) is 9.44. The zero-order valence-electron chi connectivity index (χ0n) is 16.0. The van der Waals surface area contributed by atoms with Crippen LogP contribution in [0.4, 0.5) is 4.39 Å². The molecule has 1 heterocycles. The summed E-state index contributed by atoms with van der Waals surface area (Å²) in [4.78, 5) is 12.6. The molecule has 156 valence electrons. The lowest BCUT2D eigenvalue weighted by Gasteiger charge is -2.26. The molecule has 0 bridgehead atoms. The number of halogens is 2. The van der Waals surface area contributed by atoms with E-state index in [4.69, 9.17) is 11.6 Å². The molecule has 1 fully saturated rings. The largest absolute Gasteiger partial charge is 0.352 e. The van der Waals surface area contributed by atoms with Gasteiger partial charge < -0.3 is 5.32 Å². The second-order valence-electron chi connectivity index (χ2n) is 7.09. The SMILES string of the molecule is O=C(NCCCc1ccc(F)cc1)c1cc(S(=O)(=O)N2CCCCC2)ccc1Cl. The van der Waals surface area contributed by atoms with Gasteiger partial charge >= 0.3 is 0 Å². The van der Waals surface area contributed by atoms with Crippen LogP contribution in [0.1, 0.15) is 41.6 Å². The average molecular weight is 439 g/mol. The molecule has 1 aliphatic rings. The molecule has 0 spiro atoms. The first-order chi connectivity index (χ1) is 13.9. The summed E-state index contributed by atoms with van der Waals surface area (Å²) in [6.07, 6.45) is 4.07. The third-order valence-corrected chi connectivity index (χ3v) is 7.20. The highest BCUT2D eigenvalue weighted by atomic mass is 35.5. The van der Waals surface area contributed by atoms with E-state index in [2.05, 4.69) is 5.32 Å². The summed E-state index contributed by atoms with van der Waals surface area (Å²) < 4.78 is 40.1. The highest BCUT2D eigenvalue weighted by Gasteiger charge is 2.27. The zero-order valence-corrected chi connectivity index (χ0v) is 17.6. The van der Waals surface area contributed by atoms with Crippen LogP contribution >= 0.6 is 11.6 Å². The molecule has 29 heavy (non-hydrogen) atoms. The Kier molecular flexibility index (Phi) is 7.27. The lowest BCUT2D eigenvalue weighted by atomic mass is 10.1. The fourth-order valence-corrected chi connectivity index (χ4v) is 5.08. The van der Waals surface area contributed by atoms with Crippen molar-refractivity contribution >= 4 is 27.5 Å². The van der Waals surface area contributed by atoms with Crippen molar-refractivity contribution in [2.75, 3.05) is 19.6 Å². The highest BCUT2D eigenvalue weighted by molar-refractivity contribution is 7.89. The van der Waals surface area contributed by atoms with Gasteiger partial charge in [-0.25, -0.2) is 12.8 Å². The predicted octanol–water partition coefficient (Wildman–Crippen LogP) is 4.02. The minimum Gasteiger partial charge on any atom is -0.352 e. The van der Waals surface area contributed by atoms with Gasteiger partial charge in [-0.3, -0.25) is 4.79 Å². The molecule has 1 amide bonds. The van der Waals surface area contributed by atoms with Crippen molar-refractivity contribution in [1.82, 2.24) is 9.62 Å². The first-order valence-corrected chi connectivity index (χ1v) is 11.5. The Balaban J connectivity index is 1.62. The Morgan fingerprint density at radius 2 is 1.76 bits per heavy atom. The van der Waals surface area contributed by atoms with Gasteiger partial charge in [0.2, 0.25) is 10.0 Å². The van der Waals surface area contributed by atoms with Crippen molar-refractivity contribution < 1.29 is 17.6 Å². The van der Waals surface area contributed by atoms with Crippen LogP contribution in [0.3, 0.4) is 0 Å². The van der Waals surface area contributed by atoms with Crippen LogP contribution in [0.15, 0.2) is 47.4 Å². The molecule has 1 saturated heterocycles. The Morgan fingerprint density at radius 3 is 2.45 bits per heavy atom. The number of carbonyl (C=O) groups is 1. The summed E-state index contributed by atoms with van der Waals surface area (Å²) >= 11 is 6.15. The molecule has 0 aromatic heterocycles. The van der Waals surface area contributed by atoms with E-state index in [0.717, 1.165) is 24.8 Å². The summed E-state index contributed by atoms with van der Waals surface area (Å²) in [5.41, 5.74) is 1.12. The summed E-state index contributed by atoms with van der Waals surface area (Å²) in [6.45, 7) is 1.39. The Hall–Kier alpha value is -1.96. The number of nitrogens with one attached hydrogen (secondary N) is 1. The lowest BCUT2D eigenvalue weighted by molar-refractivity contribution is 0.0953. The maximum Gasteiger partial charge on any atom is 0.252 e. The molecule has 0 radical (unpaired) electrons. The van der Waals surface area contributed by atoms with E-state index in [9.17, 15) is 17.6 Å². The molecule has 2 aromatic rings. The molecule has 0 saturated carbocycles. The van der Waals surface area contributed by atoms with Crippen molar-refractivity contribution in [3.8, 4) is 0 Å². The average Bonchev–Trinajstić information content (AvgIpc) is 2.73. The van der Waals surface area contributed by atoms with E-state index in [1.54, 1.807) is 12.1 Å². The molecule has 1 N–H and O–H groups in total.